The molecule has 0 saturated carbocycles. The highest BCUT2D eigenvalue weighted by Gasteiger charge is 2.11. The normalized spacial score (nSPS) is 12.6. The van der Waals surface area contributed by atoms with Crippen molar-refractivity contribution in [1.82, 2.24) is 5.32 Å². The molecule has 2 nitrogen and oxygen atoms in total. The van der Waals surface area contributed by atoms with Gasteiger partial charge in [0.1, 0.15) is 11.5 Å². The molecule has 1 unspecified atom stereocenters. The summed E-state index contributed by atoms with van der Waals surface area (Å²) in [4.78, 5) is 0. The number of benzene rings is 1. The molecule has 1 heterocycles. The third kappa shape index (κ3) is 2.17. The molecule has 0 aliphatic rings. The van der Waals surface area contributed by atoms with E-state index in [0.717, 1.165) is 23.5 Å². The largest absolute Gasteiger partial charge is 0.459 e. The Bertz CT molecular complexity index is 429. The lowest BCUT2D eigenvalue weighted by atomic mass is 10.1. The number of hydrogen-bond donors (Lipinski definition) is 1. The minimum atomic E-state index is 0.303. The lowest BCUT2D eigenvalue weighted by molar-refractivity contribution is 0.431. The highest BCUT2D eigenvalue weighted by atomic mass is 16.3. The lowest BCUT2D eigenvalue weighted by Crippen LogP contribution is -2.14. The van der Waals surface area contributed by atoms with Gasteiger partial charge < -0.3 is 9.73 Å². The summed E-state index contributed by atoms with van der Waals surface area (Å²) in [6.45, 7) is 2.14. The minimum Gasteiger partial charge on any atom is -0.459 e. The predicted octanol–water partition coefficient (Wildman–Crippen LogP) is 3.62. The first-order valence-corrected chi connectivity index (χ1v) is 5.67. The van der Waals surface area contributed by atoms with Crippen molar-refractivity contribution in [3.63, 3.8) is 0 Å². The van der Waals surface area contributed by atoms with E-state index in [2.05, 4.69) is 24.4 Å². The van der Waals surface area contributed by atoms with Crippen molar-refractivity contribution in [3.05, 3.63) is 48.2 Å². The minimum absolute atomic E-state index is 0.303. The van der Waals surface area contributed by atoms with E-state index in [0.29, 0.717) is 6.04 Å². The molecule has 0 saturated heterocycles. The molecule has 1 N–H and O–H groups in total. The van der Waals surface area contributed by atoms with Crippen LogP contribution in [0.15, 0.2) is 46.9 Å². The lowest BCUT2D eigenvalue weighted by Gasteiger charge is -2.09. The number of furan rings is 1. The van der Waals surface area contributed by atoms with Crippen LogP contribution in [0.2, 0.25) is 0 Å². The summed E-state index contributed by atoms with van der Waals surface area (Å²) in [5.41, 5.74) is 1.12. The molecular formula is C14H17NO. The van der Waals surface area contributed by atoms with Crippen molar-refractivity contribution in [3.8, 4) is 11.3 Å². The fourth-order valence-corrected chi connectivity index (χ4v) is 1.85. The molecule has 1 atom stereocenters. The van der Waals surface area contributed by atoms with Crippen molar-refractivity contribution < 1.29 is 4.42 Å². The fourth-order valence-electron chi connectivity index (χ4n) is 1.85. The summed E-state index contributed by atoms with van der Waals surface area (Å²) in [7, 11) is 1.96. The highest BCUT2D eigenvalue weighted by molar-refractivity contribution is 5.57. The zero-order valence-electron chi connectivity index (χ0n) is 9.73. The predicted molar refractivity (Wildman–Crippen MR) is 66.2 cm³/mol. The summed E-state index contributed by atoms with van der Waals surface area (Å²) in [5, 5.41) is 3.24. The van der Waals surface area contributed by atoms with Gasteiger partial charge in [0.2, 0.25) is 0 Å². The molecule has 0 aliphatic heterocycles. The quantitative estimate of drug-likeness (QED) is 0.842. The molecule has 0 amide bonds. The topological polar surface area (TPSA) is 25.2 Å². The van der Waals surface area contributed by atoms with Crippen LogP contribution in [0.4, 0.5) is 0 Å². The Morgan fingerprint density at radius 2 is 1.88 bits per heavy atom. The second-order valence-electron chi connectivity index (χ2n) is 3.82. The number of nitrogens with one attached hydrogen (secondary N) is 1. The Labute approximate surface area is 96.3 Å². The molecule has 1 aromatic carbocycles. The van der Waals surface area contributed by atoms with Crippen molar-refractivity contribution in [2.24, 2.45) is 0 Å². The molecule has 2 heteroatoms. The van der Waals surface area contributed by atoms with Crippen LogP contribution in [0.5, 0.6) is 0 Å². The SMILES string of the molecule is CCC(NC)c1ccc(-c2ccccc2)o1. The maximum absolute atomic E-state index is 5.85. The van der Waals surface area contributed by atoms with Gasteiger partial charge in [-0.2, -0.15) is 0 Å². The first kappa shape index (κ1) is 11.0. The van der Waals surface area contributed by atoms with Gasteiger partial charge in [-0.15, -0.1) is 0 Å². The Morgan fingerprint density at radius 1 is 1.12 bits per heavy atom. The van der Waals surface area contributed by atoms with Gasteiger partial charge in [-0.05, 0) is 25.6 Å². The maximum atomic E-state index is 5.85. The Balaban J connectivity index is 2.26. The second kappa shape index (κ2) is 4.99. The second-order valence-corrected chi connectivity index (χ2v) is 3.82. The summed E-state index contributed by atoms with van der Waals surface area (Å²) in [6, 6.07) is 14.6. The van der Waals surface area contributed by atoms with E-state index < -0.39 is 0 Å². The van der Waals surface area contributed by atoms with Crippen LogP contribution in [0.1, 0.15) is 25.1 Å². The standard InChI is InChI=1S/C14H17NO/c1-3-12(15-2)14-10-9-13(16-14)11-7-5-4-6-8-11/h4-10,12,15H,3H2,1-2H3. The van der Waals surface area contributed by atoms with E-state index in [1.165, 1.54) is 0 Å². The summed E-state index contributed by atoms with van der Waals surface area (Å²) < 4.78 is 5.85. The van der Waals surface area contributed by atoms with Crippen LogP contribution in [0.3, 0.4) is 0 Å². The van der Waals surface area contributed by atoms with Crippen LogP contribution >= 0.6 is 0 Å². The molecule has 0 bridgehead atoms. The van der Waals surface area contributed by atoms with Gasteiger partial charge in [0.15, 0.2) is 0 Å². The molecule has 2 aromatic rings. The molecule has 1 aromatic heterocycles. The molecule has 84 valence electrons. The van der Waals surface area contributed by atoms with E-state index in [1.807, 2.05) is 37.4 Å². The van der Waals surface area contributed by atoms with Gasteiger partial charge in [0.05, 0.1) is 6.04 Å². The third-order valence-electron chi connectivity index (χ3n) is 2.79. The van der Waals surface area contributed by atoms with Gasteiger partial charge in [0.25, 0.3) is 0 Å². The zero-order valence-corrected chi connectivity index (χ0v) is 9.73. The van der Waals surface area contributed by atoms with Crippen LogP contribution in [-0.4, -0.2) is 7.05 Å². The Kier molecular flexibility index (Phi) is 3.42. The molecule has 0 fully saturated rings. The number of rotatable bonds is 4. The highest BCUT2D eigenvalue weighted by Crippen LogP contribution is 2.26. The summed E-state index contributed by atoms with van der Waals surface area (Å²) >= 11 is 0. The zero-order chi connectivity index (χ0) is 11.4. The number of hydrogen-bond acceptors (Lipinski definition) is 2. The average molecular weight is 215 g/mol. The first-order valence-electron chi connectivity index (χ1n) is 5.67. The Hall–Kier alpha value is -1.54. The van der Waals surface area contributed by atoms with Crippen molar-refractivity contribution in [2.45, 2.75) is 19.4 Å². The van der Waals surface area contributed by atoms with Gasteiger partial charge in [-0.25, -0.2) is 0 Å². The molecule has 0 spiro atoms. The van der Waals surface area contributed by atoms with Gasteiger partial charge in [-0.3, -0.25) is 0 Å². The molecule has 0 aliphatic carbocycles. The smallest absolute Gasteiger partial charge is 0.134 e. The van der Waals surface area contributed by atoms with E-state index in [1.54, 1.807) is 0 Å². The van der Waals surface area contributed by atoms with Crippen LogP contribution in [0, 0.1) is 0 Å². The van der Waals surface area contributed by atoms with Crippen LogP contribution in [0.25, 0.3) is 11.3 Å². The van der Waals surface area contributed by atoms with Crippen molar-refractivity contribution >= 4 is 0 Å². The molecule has 16 heavy (non-hydrogen) atoms. The van der Waals surface area contributed by atoms with Crippen molar-refractivity contribution in [1.29, 1.82) is 0 Å². The Morgan fingerprint density at radius 3 is 2.50 bits per heavy atom. The van der Waals surface area contributed by atoms with Crippen LogP contribution in [-0.2, 0) is 0 Å². The average Bonchev–Trinajstić information content (AvgIpc) is 2.81. The van der Waals surface area contributed by atoms with Gasteiger partial charge in [-0.1, -0.05) is 37.3 Å². The van der Waals surface area contributed by atoms with Gasteiger partial charge >= 0.3 is 0 Å². The van der Waals surface area contributed by atoms with Gasteiger partial charge in [0, 0.05) is 5.56 Å². The fraction of sp³-hybridized carbons (Fsp3) is 0.286. The van der Waals surface area contributed by atoms with E-state index in [4.69, 9.17) is 4.42 Å². The maximum Gasteiger partial charge on any atom is 0.134 e. The first-order chi connectivity index (χ1) is 7.85. The third-order valence-corrected chi connectivity index (χ3v) is 2.79. The monoisotopic (exact) mass is 215 g/mol. The van der Waals surface area contributed by atoms with E-state index in [-0.39, 0.29) is 0 Å². The van der Waals surface area contributed by atoms with E-state index in [9.17, 15) is 0 Å². The molecule has 0 radical (unpaired) electrons. The summed E-state index contributed by atoms with van der Waals surface area (Å²) in [6.07, 6.45) is 1.03. The molecule has 2 rings (SSSR count). The van der Waals surface area contributed by atoms with E-state index >= 15 is 0 Å². The van der Waals surface area contributed by atoms with Crippen molar-refractivity contribution in [2.75, 3.05) is 7.05 Å². The molecular weight excluding hydrogens is 198 g/mol. The summed E-state index contributed by atoms with van der Waals surface area (Å²) in [5.74, 6) is 1.94. The van der Waals surface area contributed by atoms with Crippen LogP contribution < -0.4 is 5.32 Å².